The lowest BCUT2D eigenvalue weighted by Crippen LogP contribution is -2.46. The quantitative estimate of drug-likeness (QED) is 0.161. The van der Waals surface area contributed by atoms with Gasteiger partial charge >= 0.3 is 6.09 Å². The molecule has 0 radical (unpaired) electrons. The number of hydrogen-bond acceptors (Lipinski definition) is 7. The van der Waals surface area contributed by atoms with E-state index in [4.69, 9.17) is 9.47 Å². The Morgan fingerprint density at radius 2 is 1.73 bits per heavy atom. The van der Waals surface area contributed by atoms with E-state index in [2.05, 4.69) is 39.4 Å². The number of rotatable bonds is 11. The van der Waals surface area contributed by atoms with Gasteiger partial charge in [0, 0.05) is 67.7 Å². The summed E-state index contributed by atoms with van der Waals surface area (Å²) in [7, 11) is 1.68. The molecular formula is C35H38N4O4S. The monoisotopic (exact) mass is 610 g/mol. The minimum absolute atomic E-state index is 0.173. The molecule has 44 heavy (non-hydrogen) atoms. The van der Waals surface area contributed by atoms with Crippen LogP contribution in [0.15, 0.2) is 95.1 Å². The van der Waals surface area contributed by atoms with Crippen LogP contribution in [0.1, 0.15) is 18.4 Å². The van der Waals surface area contributed by atoms with E-state index in [1.165, 1.54) is 31.3 Å². The molecule has 0 N–H and O–H groups in total. The van der Waals surface area contributed by atoms with Gasteiger partial charge in [-0.1, -0.05) is 36.4 Å². The van der Waals surface area contributed by atoms with Gasteiger partial charge in [0.2, 0.25) is 0 Å². The van der Waals surface area contributed by atoms with E-state index in [9.17, 15) is 9.59 Å². The normalized spacial score (nSPS) is 13.8. The zero-order chi connectivity index (χ0) is 30.3. The van der Waals surface area contributed by atoms with Crippen molar-refractivity contribution in [1.29, 1.82) is 0 Å². The van der Waals surface area contributed by atoms with Gasteiger partial charge in [0.1, 0.15) is 5.75 Å². The van der Waals surface area contributed by atoms with Gasteiger partial charge in [-0.2, -0.15) is 0 Å². The largest absolute Gasteiger partial charge is 0.494 e. The summed E-state index contributed by atoms with van der Waals surface area (Å²) in [5, 5.41) is 4.41. The summed E-state index contributed by atoms with van der Waals surface area (Å²) in [6.07, 6.45) is 1.51. The minimum atomic E-state index is -0.494. The molecule has 0 aliphatic carbocycles. The minimum Gasteiger partial charge on any atom is -0.494 e. The van der Waals surface area contributed by atoms with E-state index in [-0.39, 0.29) is 12.3 Å². The van der Waals surface area contributed by atoms with Crippen molar-refractivity contribution in [2.24, 2.45) is 0 Å². The molecule has 0 saturated carbocycles. The zero-order valence-corrected chi connectivity index (χ0v) is 25.9. The number of amides is 1. The average Bonchev–Trinajstić information content (AvgIpc) is 3.54. The lowest BCUT2D eigenvalue weighted by molar-refractivity contribution is 0.0814. The van der Waals surface area contributed by atoms with Crippen LogP contribution in [0.2, 0.25) is 0 Å². The summed E-state index contributed by atoms with van der Waals surface area (Å²) < 4.78 is 14.4. The maximum Gasteiger partial charge on any atom is 0.411 e. The van der Waals surface area contributed by atoms with E-state index in [1.807, 2.05) is 48.5 Å². The number of pyridine rings is 1. The highest BCUT2D eigenvalue weighted by atomic mass is 32.1. The van der Waals surface area contributed by atoms with Gasteiger partial charge in [0.15, 0.2) is 6.73 Å². The molecule has 9 heteroatoms. The van der Waals surface area contributed by atoms with Crippen LogP contribution in [0.4, 0.5) is 10.5 Å². The number of carbonyl (C=O) groups is 1. The number of hydrogen-bond donors (Lipinski definition) is 0. The second kappa shape index (κ2) is 14.0. The van der Waals surface area contributed by atoms with E-state index in [1.54, 1.807) is 24.5 Å². The molecule has 228 valence electrons. The maximum atomic E-state index is 12.7. The van der Waals surface area contributed by atoms with Crippen LogP contribution in [0.3, 0.4) is 0 Å². The molecule has 5 aromatic rings. The Morgan fingerprint density at radius 1 is 0.909 bits per heavy atom. The fourth-order valence-electron chi connectivity index (χ4n) is 5.74. The molecule has 0 atom stereocenters. The van der Waals surface area contributed by atoms with Gasteiger partial charge in [-0.05, 0) is 72.1 Å². The van der Waals surface area contributed by atoms with Crippen LogP contribution >= 0.6 is 11.3 Å². The molecular weight excluding hydrogens is 572 g/mol. The van der Waals surface area contributed by atoms with Gasteiger partial charge in [-0.15, -0.1) is 11.3 Å². The number of anilines is 1. The molecule has 1 amide bonds. The molecule has 0 spiro atoms. The topological polar surface area (TPSA) is 67.2 Å². The summed E-state index contributed by atoms with van der Waals surface area (Å²) in [6, 6.07) is 27.5. The maximum absolute atomic E-state index is 12.7. The molecule has 1 saturated heterocycles. The smallest absolute Gasteiger partial charge is 0.411 e. The first-order chi connectivity index (χ1) is 21.5. The highest BCUT2D eigenvalue weighted by molar-refractivity contribution is 7.17. The SMILES string of the molecule is CN(Cc1ccccc1)C(=O)OCn1c(=O)ccc2ccc(OCCCCN3CCN(c4cccc5sccc45)CC3)cc21. The number of benzene rings is 3. The Morgan fingerprint density at radius 3 is 2.57 bits per heavy atom. The molecule has 1 fully saturated rings. The molecule has 3 heterocycles. The van der Waals surface area contributed by atoms with Crippen LogP contribution in [0, 0.1) is 0 Å². The Hall–Kier alpha value is -4.34. The lowest BCUT2D eigenvalue weighted by Gasteiger charge is -2.36. The third kappa shape index (κ3) is 7.06. The number of nitrogens with zero attached hydrogens (tertiary/aromatic N) is 4. The van der Waals surface area contributed by atoms with Crippen molar-refractivity contribution in [3.8, 4) is 5.75 Å². The van der Waals surface area contributed by atoms with Crippen molar-refractivity contribution < 1.29 is 14.3 Å². The molecule has 2 aromatic heterocycles. The second-order valence-corrected chi connectivity index (χ2v) is 12.1. The van der Waals surface area contributed by atoms with Gasteiger partial charge in [-0.25, -0.2) is 4.79 Å². The molecule has 0 bridgehead atoms. The van der Waals surface area contributed by atoms with Gasteiger partial charge < -0.3 is 19.3 Å². The molecule has 3 aromatic carbocycles. The van der Waals surface area contributed by atoms with E-state index < -0.39 is 6.09 Å². The molecule has 6 rings (SSSR count). The van der Waals surface area contributed by atoms with Crippen LogP contribution in [-0.2, 0) is 18.0 Å². The molecule has 8 nitrogen and oxygen atoms in total. The van der Waals surface area contributed by atoms with Crippen LogP contribution < -0.4 is 15.2 Å². The van der Waals surface area contributed by atoms with Crippen LogP contribution in [0.25, 0.3) is 21.0 Å². The zero-order valence-electron chi connectivity index (χ0n) is 25.1. The van der Waals surface area contributed by atoms with Crippen molar-refractivity contribution in [1.82, 2.24) is 14.4 Å². The Labute approximate surface area is 261 Å². The summed E-state index contributed by atoms with van der Waals surface area (Å²) in [5.74, 6) is 0.695. The fraction of sp³-hybridized carbons (Fsp3) is 0.314. The van der Waals surface area contributed by atoms with Gasteiger partial charge in [-0.3, -0.25) is 14.3 Å². The molecule has 0 unspecified atom stereocenters. The number of thiophene rings is 1. The summed E-state index contributed by atoms with van der Waals surface area (Å²) in [5.41, 5.74) is 2.79. The van der Waals surface area contributed by atoms with Crippen molar-refractivity contribution in [3.63, 3.8) is 0 Å². The summed E-state index contributed by atoms with van der Waals surface area (Å²) in [4.78, 5) is 31.9. The summed E-state index contributed by atoms with van der Waals surface area (Å²) >= 11 is 1.80. The average molecular weight is 611 g/mol. The Balaban J connectivity index is 0.968. The number of fused-ring (bicyclic) bond motifs is 2. The third-order valence-electron chi connectivity index (χ3n) is 8.18. The number of piperazine rings is 1. The number of aromatic nitrogens is 1. The molecule has 1 aliphatic rings. The first-order valence-corrected chi connectivity index (χ1v) is 16.0. The van der Waals surface area contributed by atoms with Crippen molar-refractivity contribution in [2.45, 2.75) is 26.1 Å². The Bertz CT molecular complexity index is 1760. The lowest BCUT2D eigenvalue weighted by atomic mass is 10.2. The highest BCUT2D eigenvalue weighted by Crippen LogP contribution is 2.31. The molecule has 1 aliphatic heterocycles. The highest BCUT2D eigenvalue weighted by Gasteiger charge is 2.18. The van der Waals surface area contributed by atoms with Gasteiger partial charge in [0.25, 0.3) is 5.56 Å². The van der Waals surface area contributed by atoms with Crippen molar-refractivity contribution in [2.75, 3.05) is 51.3 Å². The standard InChI is InChI=1S/C35H38N4O4S/c1-36(25-27-8-3-2-4-9-27)35(41)43-26-39-32-24-29(14-12-28(32)13-15-34(39)40)42-22-6-5-17-37-18-20-38(21-19-37)31-10-7-11-33-30(31)16-23-44-33/h2-4,7-16,23-24H,5-6,17-22,25-26H2,1H3. The second-order valence-electron chi connectivity index (χ2n) is 11.2. The van der Waals surface area contributed by atoms with Crippen LogP contribution in [0.5, 0.6) is 5.75 Å². The van der Waals surface area contributed by atoms with E-state index in [0.29, 0.717) is 24.4 Å². The number of unbranched alkanes of at least 4 members (excludes halogenated alkanes) is 1. The van der Waals surface area contributed by atoms with E-state index >= 15 is 0 Å². The van der Waals surface area contributed by atoms with Gasteiger partial charge in [0.05, 0.1) is 12.1 Å². The number of carbonyl (C=O) groups excluding carboxylic acids is 1. The van der Waals surface area contributed by atoms with Crippen molar-refractivity contribution >= 4 is 44.1 Å². The fourth-order valence-corrected chi connectivity index (χ4v) is 6.54. The van der Waals surface area contributed by atoms with E-state index in [0.717, 1.165) is 56.5 Å². The first kappa shape index (κ1) is 29.7. The first-order valence-electron chi connectivity index (χ1n) is 15.2. The summed E-state index contributed by atoms with van der Waals surface area (Å²) in [6.45, 7) is 6.12. The van der Waals surface area contributed by atoms with Crippen LogP contribution in [-0.4, -0.2) is 66.8 Å². The third-order valence-corrected chi connectivity index (χ3v) is 9.06. The van der Waals surface area contributed by atoms with Crippen molar-refractivity contribution in [3.05, 3.63) is 106 Å². The number of ether oxygens (including phenoxy) is 2. The predicted molar refractivity (Wildman–Crippen MR) is 178 cm³/mol. The predicted octanol–water partition coefficient (Wildman–Crippen LogP) is 6.42. The Kier molecular flexibility index (Phi) is 9.43.